The summed E-state index contributed by atoms with van der Waals surface area (Å²) in [5, 5.41) is 9.88. The fourth-order valence-corrected chi connectivity index (χ4v) is 2.52. The number of hydrogen-bond acceptors (Lipinski definition) is 5. The van der Waals surface area contributed by atoms with E-state index in [0.29, 0.717) is 17.5 Å². The van der Waals surface area contributed by atoms with E-state index in [4.69, 9.17) is 20.8 Å². The Morgan fingerprint density at radius 2 is 2.19 bits per heavy atom. The molecule has 3 rings (SSSR count). The molecule has 2 heterocycles. The molecule has 2 aromatic heterocycles. The van der Waals surface area contributed by atoms with Crippen LogP contribution in [0, 0.1) is 5.82 Å². The molecule has 0 N–H and O–H groups in total. The minimum atomic E-state index is -0.491. The van der Waals surface area contributed by atoms with Gasteiger partial charge in [0.2, 0.25) is 0 Å². The summed E-state index contributed by atoms with van der Waals surface area (Å²) in [4.78, 5) is 0.894. The molecule has 0 aliphatic rings. The van der Waals surface area contributed by atoms with E-state index in [1.54, 1.807) is 6.92 Å². The van der Waals surface area contributed by atoms with E-state index in [9.17, 15) is 4.39 Å². The topological polar surface area (TPSA) is 48.2 Å². The van der Waals surface area contributed by atoms with Crippen molar-refractivity contribution in [1.82, 2.24) is 10.2 Å². The van der Waals surface area contributed by atoms with Gasteiger partial charge in [0.25, 0.3) is 11.8 Å². The predicted octanol–water partition coefficient (Wildman–Crippen LogP) is 4.73. The highest BCUT2D eigenvalue weighted by Gasteiger charge is 2.17. The Morgan fingerprint density at radius 1 is 1.33 bits per heavy atom. The second-order valence-electron chi connectivity index (χ2n) is 4.26. The number of aromatic nitrogens is 2. The van der Waals surface area contributed by atoms with Gasteiger partial charge in [-0.15, -0.1) is 21.5 Å². The molecular weight excluding hydrogens is 315 g/mol. The fraction of sp³-hybridized carbons (Fsp3) is 0.143. The molecule has 0 radical (unpaired) electrons. The summed E-state index contributed by atoms with van der Waals surface area (Å²) in [6.45, 7) is 1.77. The van der Waals surface area contributed by atoms with Crippen LogP contribution in [0.15, 0.2) is 40.1 Å². The van der Waals surface area contributed by atoms with E-state index in [1.807, 2.05) is 17.5 Å². The largest absolute Gasteiger partial charge is 0.481 e. The quantitative estimate of drug-likeness (QED) is 0.696. The standard InChI is InChI=1S/C14H10ClFN2O2S/c1-8(19-9-4-5-11(16)10(15)7-9)13-17-18-14(20-13)12-3-2-6-21-12/h2-8H,1H3/t8-/m0/s1. The number of nitrogens with zero attached hydrogens (tertiary/aromatic N) is 2. The lowest BCUT2D eigenvalue weighted by atomic mass is 10.3. The second kappa shape index (κ2) is 5.83. The Labute approximate surface area is 129 Å². The van der Waals surface area contributed by atoms with Gasteiger partial charge in [-0.3, -0.25) is 0 Å². The maximum Gasteiger partial charge on any atom is 0.257 e. The van der Waals surface area contributed by atoms with Crippen LogP contribution in [-0.4, -0.2) is 10.2 Å². The molecule has 0 spiro atoms. The number of benzene rings is 1. The number of thiophene rings is 1. The van der Waals surface area contributed by atoms with Gasteiger partial charge in [0, 0.05) is 6.07 Å². The highest BCUT2D eigenvalue weighted by molar-refractivity contribution is 7.13. The molecule has 0 aliphatic heterocycles. The van der Waals surface area contributed by atoms with Gasteiger partial charge in [-0.05, 0) is 30.5 Å². The van der Waals surface area contributed by atoms with E-state index in [-0.39, 0.29) is 5.02 Å². The SMILES string of the molecule is C[C@H](Oc1ccc(F)c(Cl)c1)c1nnc(-c2cccs2)o1. The number of halogens is 2. The van der Waals surface area contributed by atoms with Gasteiger partial charge in [0.1, 0.15) is 11.6 Å². The van der Waals surface area contributed by atoms with Crippen LogP contribution in [0.1, 0.15) is 18.9 Å². The Hall–Kier alpha value is -1.92. The molecule has 0 saturated heterocycles. The van der Waals surface area contributed by atoms with Crippen LogP contribution < -0.4 is 4.74 Å². The average molecular weight is 325 g/mol. The molecule has 21 heavy (non-hydrogen) atoms. The van der Waals surface area contributed by atoms with Gasteiger partial charge in [0.15, 0.2) is 6.10 Å². The van der Waals surface area contributed by atoms with Gasteiger partial charge in [-0.25, -0.2) is 4.39 Å². The van der Waals surface area contributed by atoms with Crippen molar-refractivity contribution < 1.29 is 13.5 Å². The van der Waals surface area contributed by atoms with Crippen molar-refractivity contribution in [3.05, 3.63) is 52.4 Å². The van der Waals surface area contributed by atoms with Gasteiger partial charge >= 0.3 is 0 Å². The predicted molar refractivity (Wildman–Crippen MR) is 78.1 cm³/mol. The first-order valence-corrected chi connectivity index (χ1v) is 7.38. The molecule has 0 saturated carbocycles. The Morgan fingerprint density at radius 3 is 2.90 bits per heavy atom. The smallest absolute Gasteiger partial charge is 0.257 e. The molecule has 7 heteroatoms. The molecule has 0 aliphatic carbocycles. The molecule has 4 nitrogen and oxygen atoms in total. The van der Waals surface area contributed by atoms with Crippen LogP contribution in [-0.2, 0) is 0 Å². The molecule has 1 atom stereocenters. The lowest BCUT2D eigenvalue weighted by Gasteiger charge is -2.11. The van der Waals surface area contributed by atoms with Gasteiger partial charge in [0.05, 0.1) is 9.90 Å². The first-order chi connectivity index (χ1) is 10.1. The van der Waals surface area contributed by atoms with Crippen molar-refractivity contribution >= 4 is 22.9 Å². The lowest BCUT2D eigenvalue weighted by Crippen LogP contribution is -2.03. The van der Waals surface area contributed by atoms with E-state index in [2.05, 4.69) is 10.2 Å². The molecule has 0 unspecified atom stereocenters. The van der Waals surface area contributed by atoms with Crippen LogP contribution in [0.3, 0.4) is 0 Å². The van der Waals surface area contributed by atoms with Crippen molar-refractivity contribution in [2.24, 2.45) is 0 Å². The molecule has 0 fully saturated rings. The monoisotopic (exact) mass is 324 g/mol. The van der Waals surface area contributed by atoms with E-state index in [0.717, 1.165) is 4.88 Å². The van der Waals surface area contributed by atoms with E-state index >= 15 is 0 Å². The third kappa shape index (κ3) is 3.06. The Balaban J connectivity index is 1.76. The minimum absolute atomic E-state index is 0.00417. The van der Waals surface area contributed by atoms with Crippen LogP contribution >= 0.6 is 22.9 Å². The average Bonchev–Trinajstić information content (AvgIpc) is 3.12. The number of ether oxygens (including phenoxy) is 1. The first kappa shape index (κ1) is 14.0. The van der Waals surface area contributed by atoms with E-state index in [1.165, 1.54) is 29.5 Å². The maximum atomic E-state index is 13.1. The van der Waals surface area contributed by atoms with Gasteiger partial charge in [-0.1, -0.05) is 17.7 Å². The van der Waals surface area contributed by atoms with E-state index < -0.39 is 11.9 Å². The summed E-state index contributed by atoms with van der Waals surface area (Å²) in [5.74, 6) is 0.741. The lowest BCUT2D eigenvalue weighted by molar-refractivity contribution is 0.189. The second-order valence-corrected chi connectivity index (χ2v) is 5.61. The number of rotatable bonds is 4. The van der Waals surface area contributed by atoms with Gasteiger partial charge < -0.3 is 9.15 Å². The zero-order valence-corrected chi connectivity index (χ0v) is 12.5. The maximum absolute atomic E-state index is 13.1. The third-order valence-electron chi connectivity index (χ3n) is 2.72. The normalized spacial score (nSPS) is 12.3. The summed E-state index contributed by atoms with van der Waals surface area (Å²) in [5.41, 5.74) is 0. The summed E-state index contributed by atoms with van der Waals surface area (Å²) in [6.07, 6.45) is -0.465. The van der Waals surface area contributed by atoms with Crippen molar-refractivity contribution in [3.63, 3.8) is 0 Å². The molecular formula is C14H10ClFN2O2S. The van der Waals surface area contributed by atoms with Crippen molar-refractivity contribution in [2.45, 2.75) is 13.0 Å². The summed E-state index contributed by atoms with van der Waals surface area (Å²) >= 11 is 7.22. The van der Waals surface area contributed by atoms with Crippen molar-refractivity contribution in [3.8, 4) is 16.5 Å². The minimum Gasteiger partial charge on any atom is -0.481 e. The summed E-state index contributed by atoms with van der Waals surface area (Å²) in [6, 6.07) is 7.95. The van der Waals surface area contributed by atoms with Gasteiger partial charge in [-0.2, -0.15) is 0 Å². The molecule has 3 aromatic rings. The van der Waals surface area contributed by atoms with Crippen LogP contribution in [0.4, 0.5) is 4.39 Å². The zero-order valence-electron chi connectivity index (χ0n) is 10.9. The summed E-state index contributed by atoms with van der Waals surface area (Å²) in [7, 11) is 0. The molecule has 108 valence electrons. The summed E-state index contributed by atoms with van der Waals surface area (Å²) < 4.78 is 24.3. The first-order valence-electron chi connectivity index (χ1n) is 6.12. The highest BCUT2D eigenvalue weighted by Crippen LogP contribution is 2.28. The highest BCUT2D eigenvalue weighted by atomic mass is 35.5. The Bertz CT molecular complexity index is 745. The van der Waals surface area contributed by atoms with Crippen molar-refractivity contribution in [2.75, 3.05) is 0 Å². The zero-order chi connectivity index (χ0) is 14.8. The fourth-order valence-electron chi connectivity index (χ4n) is 1.70. The molecule has 0 amide bonds. The Kier molecular flexibility index (Phi) is 3.90. The molecule has 0 bridgehead atoms. The van der Waals surface area contributed by atoms with Crippen LogP contribution in [0.5, 0.6) is 5.75 Å². The number of hydrogen-bond donors (Lipinski definition) is 0. The third-order valence-corrected chi connectivity index (χ3v) is 3.87. The van der Waals surface area contributed by atoms with Crippen LogP contribution in [0.2, 0.25) is 5.02 Å². The molecule has 1 aromatic carbocycles. The van der Waals surface area contributed by atoms with Crippen molar-refractivity contribution in [1.29, 1.82) is 0 Å². The van der Waals surface area contributed by atoms with Crippen LogP contribution in [0.25, 0.3) is 10.8 Å².